The predicted octanol–water partition coefficient (Wildman–Crippen LogP) is 5.91. The number of esters is 1. The van der Waals surface area contributed by atoms with E-state index in [9.17, 15) is 4.79 Å². The van der Waals surface area contributed by atoms with E-state index in [-0.39, 0.29) is 12.7 Å². The van der Waals surface area contributed by atoms with E-state index in [1.54, 1.807) is 32.4 Å². The van der Waals surface area contributed by atoms with Crippen molar-refractivity contribution in [1.82, 2.24) is 0 Å². The van der Waals surface area contributed by atoms with Crippen LogP contribution in [-0.4, -0.2) is 32.9 Å². The lowest BCUT2D eigenvalue weighted by atomic mass is 9.98. The molecule has 3 aromatic rings. The van der Waals surface area contributed by atoms with Gasteiger partial charge in [0.05, 0.1) is 12.7 Å². The van der Waals surface area contributed by atoms with E-state index < -0.39 is 12.1 Å². The van der Waals surface area contributed by atoms with Crippen molar-refractivity contribution in [2.45, 2.75) is 39.6 Å². The van der Waals surface area contributed by atoms with Crippen molar-refractivity contribution in [1.29, 1.82) is 0 Å². The number of para-hydroxylation sites is 1. The zero-order valence-corrected chi connectivity index (χ0v) is 20.4. The number of benzene rings is 3. The number of carbonyl (C=O) groups is 1. The molecule has 0 spiro atoms. The maximum Gasteiger partial charge on any atom is 0.347 e. The van der Waals surface area contributed by atoms with Gasteiger partial charge in [-0.15, -0.1) is 0 Å². The van der Waals surface area contributed by atoms with Gasteiger partial charge in [0.15, 0.2) is 0 Å². The summed E-state index contributed by atoms with van der Waals surface area (Å²) in [6.07, 6.45) is -0.526. The van der Waals surface area contributed by atoms with Gasteiger partial charge in [0, 0.05) is 25.3 Å². The van der Waals surface area contributed by atoms with Gasteiger partial charge in [0.1, 0.15) is 35.5 Å². The first-order valence-corrected chi connectivity index (χ1v) is 11.2. The van der Waals surface area contributed by atoms with Gasteiger partial charge in [-0.05, 0) is 44.5 Å². The second-order valence-electron chi connectivity index (χ2n) is 8.12. The zero-order valence-electron chi connectivity index (χ0n) is 20.4. The third kappa shape index (κ3) is 6.37. The van der Waals surface area contributed by atoms with Crippen LogP contribution in [0.5, 0.6) is 17.2 Å². The number of hydrogen-bond acceptors (Lipinski definition) is 6. The third-order valence-corrected chi connectivity index (χ3v) is 5.21. The summed E-state index contributed by atoms with van der Waals surface area (Å²) in [5.74, 6) is 0.885. The summed E-state index contributed by atoms with van der Waals surface area (Å²) in [4.78, 5) is 13.4. The molecular formula is C28H32O6. The summed E-state index contributed by atoms with van der Waals surface area (Å²) in [7, 11) is 3.22. The largest absolute Gasteiger partial charge is 0.490 e. The Labute approximate surface area is 201 Å². The number of methoxy groups -OCH3 is 2. The average molecular weight is 465 g/mol. The van der Waals surface area contributed by atoms with Gasteiger partial charge in [0.2, 0.25) is 0 Å². The quantitative estimate of drug-likeness (QED) is 0.259. The average Bonchev–Trinajstić information content (AvgIpc) is 2.83. The molecule has 3 aromatic carbocycles. The van der Waals surface area contributed by atoms with Crippen LogP contribution in [0.1, 0.15) is 47.0 Å². The lowest BCUT2D eigenvalue weighted by molar-refractivity contribution is 0.0249. The molecule has 0 fully saturated rings. The molecule has 180 valence electrons. The van der Waals surface area contributed by atoms with Crippen molar-refractivity contribution in [2.24, 2.45) is 0 Å². The standard InChI is InChI=1S/C28H32O6/c1-19(2)33-27-20(3)26(28(29)34-22-14-10-7-11-15-22)24(16-23(27)25(31-5)18-30-4)32-17-21-12-8-6-9-13-21/h6-16,19,25H,17-18H2,1-5H3. The molecule has 6 nitrogen and oxygen atoms in total. The fourth-order valence-corrected chi connectivity index (χ4v) is 3.61. The van der Waals surface area contributed by atoms with E-state index in [4.69, 9.17) is 23.7 Å². The topological polar surface area (TPSA) is 63.2 Å². The van der Waals surface area contributed by atoms with Crippen molar-refractivity contribution in [3.05, 3.63) is 89.0 Å². The SMILES string of the molecule is COCC(OC)c1cc(OCc2ccccc2)c(C(=O)Oc2ccccc2)c(C)c1OC(C)C. The minimum Gasteiger partial charge on any atom is -0.490 e. The fourth-order valence-electron chi connectivity index (χ4n) is 3.61. The van der Waals surface area contributed by atoms with Crippen LogP contribution in [0.15, 0.2) is 66.7 Å². The maximum atomic E-state index is 13.4. The van der Waals surface area contributed by atoms with Gasteiger partial charge in [-0.2, -0.15) is 0 Å². The second kappa shape index (κ2) is 12.2. The van der Waals surface area contributed by atoms with Crippen molar-refractivity contribution < 1.29 is 28.5 Å². The van der Waals surface area contributed by atoms with Crippen molar-refractivity contribution in [2.75, 3.05) is 20.8 Å². The van der Waals surface area contributed by atoms with Crippen LogP contribution in [0.25, 0.3) is 0 Å². The number of ether oxygens (including phenoxy) is 5. The van der Waals surface area contributed by atoms with Gasteiger partial charge in [-0.3, -0.25) is 0 Å². The molecule has 0 aliphatic heterocycles. The molecule has 6 heteroatoms. The molecule has 0 N–H and O–H groups in total. The molecule has 1 atom stereocenters. The summed E-state index contributed by atoms with van der Waals surface area (Å²) >= 11 is 0. The molecule has 0 aliphatic carbocycles. The summed E-state index contributed by atoms with van der Waals surface area (Å²) in [6.45, 7) is 6.30. The molecule has 0 aromatic heterocycles. The van der Waals surface area contributed by atoms with Gasteiger partial charge < -0.3 is 23.7 Å². The maximum absolute atomic E-state index is 13.4. The zero-order chi connectivity index (χ0) is 24.5. The molecule has 1 unspecified atom stereocenters. The van der Waals surface area contributed by atoms with E-state index in [1.165, 1.54) is 0 Å². The molecule has 0 amide bonds. The van der Waals surface area contributed by atoms with Crippen LogP contribution < -0.4 is 14.2 Å². The molecule has 0 saturated heterocycles. The van der Waals surface area contributed by atoms with Crippen LogP contribution in [0.2, 0.25) is 0 Å². The van der Waals surface area contributed by atoms with E-state index >= 15 is 0 Å². The van der Waals surface area contributed by atoms with Gasteiger partial charge in [-0.1, -0.05) is 48.5 Å². The molecular weight excluding hydrogens is 432 g/mol. The van der Waals surface area contributed by atoms with Gasteiger partial charge in [-0.25, -0.2) is 4.79 Å². The van der Waals surface area contributed by atoms with E-state index in [0.29, 0.717) is 35.0 Å². The Hall–Kier alpha value is -3.35. The Morgan fingerprint density at radius 1 is 0.941 bits per heavy atom. The summed E-state index contributed by atoms with van der Waals surface area (Å²) in [5.41, 5.74) is 2.65. The van der Waals surface area contributed by atoms with Crippen LogP contribution >= 0.6 is 0 Å². The summed E-state index contributed by atoms with van der Waals surface area (Å²) < 4.78 is 29.1. The Morgan fingerprint density at radius 2 is 1.59 bits per heavy atom. The Kier molecular flexibility index (Phi) is 9.08. The monoisotopic (exact) mass is 464 g/mol. The highest BCUT2D eigenvalue weighted by atomic mass is 16.5. The smallest absolute Gasteiger partial charge is 0.347 e. The van der Waals surface area contributed by atoms with E-state index in [2.05, 4.69) is 0 Å². The van der Waals surface area contributed by atoms with Crippen LogP contribution in [0, 0.1) is 6.92 Å². The fraction of sp³-hybridized carbons (Fsp3) is 0.321. The first-order valence-electron chi connectivity index (χ1n) is 11.2. The molecule has 0 bridgehead atoms. The highest BCUT2D eigenvalue weighted by Gasteiger charge is 2.28. The highest BCUT2D eigenvalue weighted by Crippen LogP contribution is 2.40. The van der Waals surface area contributed by atoms with Gasteiger partial charge in [0.25, 0.3) is 0 Å². The minimum atomic E-state index is -0.521. The van der Waals surface area contributed by atoms with E-state index in [1.807, 2.05) is 69.3 Å². The van der Waals surface area contributed by atoms with Crippen molar-refractivity contribution in [3.8, 4) is 17.2 Å². The molecule has 34 heavy (non-hydrogen) atoms. The van der Waals surface area contributed by atoms with Crippen LogP contribution in [-0.2, 0) is 16.1 Å². The van der Waals surface area contributed by atoms with Crippen molar-refractivity contribution >= 4 is 5.97 Å². The van der Waals surface area contributed by atoms with E-state index in [0.717, 1.165) is 11.1 Å². The first kappa shape index (κ1) is 25.3. The summed E-state index contributed by atoms with van der Waals surface area (Å²) in [6, 6.07) is 20.5. The van der Waals surface area contributed by atoms with Crippen molar-refractivity contribution in [3.63, 3.8) is 0 Å². The number of hydrogen-bond donors (Lipinski definition) is 0. The second-order valence-corrected chi connectivity index (χ2v) is 8.12. The Bertz CT molecular complexity index is 1060. The third-order valence-electron chi connectivity index (χ3n) is 5.21. The molecule has 3 rings (SSSR count). The van der Waals surface area contributed by atoms with Crippen LogP contribution in [0.4, 0.5) is 0 Å². The molecule has 0 aliphatic rings. The first-order chi connectivity index (χ1) is 16.4. The normalized spacial score (nSPS) is 11.8. The lowest BCUT2D eigenvalue weighted by Crippen LogP contribution is -2.19. The minimum absolute atomic E-state index is 0.119. The summed E-state index contributed by atoms with van der Waals surface area (Å²) in [5, 5.41) is 0. The Balaban J connectivity index is 2.11. The highest BCUT2D eigenvalue weighted by molar-refractivity contribution is 5.96. The number of rotatable bonds is 11. The Morgan fingerprint density at radius 3 is 2.18 bits per heavy atom. The molecule has 0 saturated carbocycles. The van der Waals surface area contributed by atoms with Gasteiger partial charge >= 0.3 is 5.97 Å². The lowest BCUT2D eigenvalue weighted by Gasteiger charge is -2.25. The predicted molar refractivity (Wildman–Crippen MR) is 131 cm³/mol. The number of carbonyl (C=O) groups excluding carboxylic acids is 1. The van der Waals surface area contributed by atoms with Crippen LogP contribution in [0.3, 0.4) is 0 Å². The molecule has 0 radical (unpaired) electrons. The molecule has 0 heterocycles.